The Kier molecular flexibility index (Phi) is 6.33. The molecule has 4 aromatic rings. The van der Waals surface area contributed by atoms with Gasteiger partial charge < -0.3 is 14.6 Å². The van der Waals surface area contributed by atoms with Gasteiger partial charge >= 0.3 is 5.97 Å². The molecular weight excluding hydrogens is 429 g/mol. The Bertz CT molecular complexity index is 1340. The number of ether oxygens (including phenoxy) is 1. The van der Waals surface area contributed by atoms with Crippen LogP contribution in [0.5, 0.6) is 0 Å². The number of carbonyl (C=O) groups is 1. The van der Waals surface area contributed by atoms with Crippen LogP contribution in [0.1, 0.15) is 48.6 Å². The zero-order chi connectivity index (χ0) is 23.7. The predicted octanol–water partition coefficient (Wildman–Crippen LogP) is 5.63. The number of halogens is 1. The summed E-state index contributed by atoms with van der Waals surface area (Å²) in [5, 5.41) is 5.76. The summed E-state index contributed by atoms with van der Waals surface area (Å²) >= 11 is 0. The van der Waals surface area contributed by atoms with E-state index in [9.17, 15) is 9.18 Å². The molecule has 5 rings (SSSR count). The maximum Gasteiger partial charge on any atom is 0.325 e. The first-order valence-corrected chi connectivity index (χ1v) is 12.0. The van der Waals surface area contributed by atoms with Gasteiger partial charge in [-0.1, -0.05) is 24.3 Å². The fourth-order valence-electron chi connectivity index (χ4n) is 5.43. The molecule has 0 spiro atoms. The number of hydrogen-bond acceptors (Lipinski definition) is 4. The van der Waals surface area contributed by atoms with Crippen LogP contribution >= 0.6 is 0 Å². The van der Waals surface area contributed by atoms with Gasteiger partial charge in [-0.15, -0.1) is 0 Å². The molecule has 1 aliphatic carbocycles. The highest BCUT2D eigenvalue weighted by atomic mass is 19.1. The van der Waals surface area contributed by atoms with Crippen molar-refractivity contribution in [3.63, 3.8) is 0 Å². The zero-order valence-electron chi connectivity index (χ0n) is 19.7. The molecule has 1 fully saturated rings. The van der Waals surface area contributed by atoms with E-state index in [4.69, 9.17) is 9.72 Å². The minimum Gasteiger partial charge on any atom is -0.468 e. The van der Waals surface area contributed by atoms with Crippen molar-refractivity contribution in [3.05, 3.63) is 77.4 Å². The molecule has 1 saturated carbocycles. The van der Waals surface area contributed by atoms with Crippen molar-refractivity contribution in [3.8, 4) is 0 Å². The van der Waals surface area contributed by atoms with Crippen LogP contribution in [0, 0.1) is 12.7 Å². The topological polar surface area (TPSA) is 56.1 Å². The molecule has 0 bridgehead atoms. The number of pyridine rings is 1. The molecule has 1 aliphatic rings. The van der Waals surface area contributed by atoms with E-state index in [1.165, 1.54) is 18.7 Å². The molecule has 0 radical (unpaired) electrons. The SMILES string of the molecule is COC(=O)Cn1c(C)c(C2CCC(NCc3ccc4ccccc4n3)CC2)c2cc(F)ccc21. The van der Waals surface area contributed by atoms with E-state index < -0.39 is 0 Å². The van der Waals surface area contributed by atoms with Crippen molar-refractivity contribution >= 4 is 27.8 Å². The van der Waals surface area contributed by atoms with Gasteiger partial charge in [0.05, 0.1) is 18.3 Å². The first kappa shape index (κ1) is 22.5. The summed E-state index contributed by atoms with van der Waals surface area (Å²) in [7, 11) is 1.39. The lowest BCUT2D eigenvalue weighted by Gasteiger charge is -2.30. The standard InChI is InChI=1S/C28H30FN3O2/c1-18-28(24-15-21(29)10-14-26(24)32(18)17-27(33)34-2)20-8-11-22(12-9-20)30-16-23-13-7-19-5-3-4-6-25(19)31-23/h3-7,10,13-15,20,22,30H,8-9,11-12,16-17H2,1-2H3. The van der Waals surface area contributed by atoms with E-state index in [-0.39, 0.29) is 18.3 Å². The maximum atomic E-state index is 14.2. The fourth-order valence-corrected chi connectivity index (χ4v) is 5.43. The van der Waals surface area contributed by atoms with Crippen molar-refractivity contribution in [2.24, 2.45) is 0 Å². The number of hydrogen-bond donors (Lipinski definition) is 1. The van der Waals surface area contributed by atoms with Crippen LogP contribution in [0.3, 0.4) is 0 Å². The van der Waals surface area contributed by atoms with E-state index >= 15 is 0 Å². The molecule has 6 heteroatoms. The zero-order valence-corrected chi connectivity index (χ0v) is 19.7. The predicted molar refractivity (Wildman–Crippen MR) is 132 cm³/mol. The molecule has 0 aliphatic heterocycles. The second kappa shape index (κ2) is 9.55. The number of para-hydroxylation sites is 1. The summed E-state index contributed by atoms with van der Waals surface area (Å²) in [4.78, 5) is 16.8. The highest BCUT2D eigenvalue weighted by molar-refractivity contribution is 5.87. The molecule has 0 atom stereocenters. The van der Waals surface area contributed by atoms with Gasteiger partial charge in [0.15, 0.2) is 0 Å². The lowest BCUT2D eigenvalue weighted by Crippen LogP contribution is -2.32. The number of esters is 1. The molecule has 176 valence electrons. The molecule has 0 saturated heterocycles. The average molecular weight is 460 g/mol. The van der Waals surface area contributed by atoms with Gasteiger partial charge in [0.25, 0.3) is 0 Å². The third-order valence-corrected chi connectivity index (χ3v) is 7.21. The number of fused-ring (bicyclic) bond motifs is 2. The molecule has 34 heavy (non-hydrogen) atoms. The first-order chi connectivity index (χ1) is 16.5. The Hall–Kier alpha value is -3.25. The average Bonchev–Trinajstić information content (AvgIpc) is 3.13. The lowest BCUT2D eigenvalue weighted by molar-refractivity contribution is -0.141. The van der Waals surface area contributed by atoms with Crippen molar-refractivity contribution in [1.82, 2.24) is 14.9 Å². The van der Waals surface area contributed by atoms with Gasteiger partial charge in [-0.25, -0.2) is 4.39 Å². The van der Waals surface area contributed by atoms with Crippen molar-refractivity contribution < 1.29 is 13.9 Å². The van der Waals surface area contributed by atoms with Crippen LogP contribution in [0.15, 0.2) is 54.6 Å². The summed E-state index contributed by atoms with van der Waals surface area (Å²) in [5.74, 6) is -0.201. The quantitative estimate of drug-likeness (QED) is 0.380. The summed E-state index contributed by atoms with van der Waals surface area (Å²) in [6.45, 7) is 2.93. The van der Waals surface area contributed by atoms with E-state index in [0.29, 0.717) is 12.0 Å². The van der Waals surface area contributed by atoms with Crippen LogP contribution in [-0.4, -0.2) is 28.7 Å². The largest absolute Gasteiger partial charge is 0.468 e. The molecular formula is C28H30FN3O2. The van der Waals surface area contributed by atoms with Crippen LogP contribution in [0.4, 0.5) is 4.39 Å². The Labute approximate surface area is 198 Å². The van der Waals surface area contributed by atoms with Crippen LogP contribution < -0.4 is 5.32 Å². The monoisotopic (exact) mass is 459 g/mol. The van der Waals surface area contributed by atoms with Crippen molar-refractivity contribution in [1.29, 1.82) is 0 Å². The van der Waals surface area contributed by atoms with E-state index in [0.717, 1.165) is 65.4 Å². The number of carbonyl (C=O) groups excluding carboxylic acids is 1. The molecule has 0 amide bonds. The minimum absolute atomic E-state index is 0.139. The summed E-state index contributed by atoms with van der Waals surface area (Å²) in [6.07, 6.45) is 4.16. The number of nitrogens with zero attached hydrogens (tertiary/aromatic N) is 2. The van der Waals surface area contributed by atoms with E-state index in [2.05, 4.69) is 23.5 Å². The molecule has 2 aromatic carbocycles. The van der Waals surface area contributed by atoms with Crippen molar-refractivity contribution in [2.75, 3.05) is 7.11 Å². The molecule has 2 heterocycles. The highest BCUT2D eigenvalue weighted by Crippen LogP contribution is 2.40. The third kappa shape index (κ3) is 4.42. The maximum absolute atomic E-state index is 14.2. The Morgan fingerprint density at radius 1 is 1.12 bits per heavy atom. The molecule has 0 unspecified atom stereocenters. The van der Waals surface area contributed by atoms with Crippen LogP contribution in [0.2, 0.25) is 0 Å². The Morgan fingerprint density at radius 3 is 2.71 bits per heavy atom. The number of methoxy groups -OCH3 is 1. The van der Waals surface area contributed by atoms with Crippen LogP contribution in [-0.2, 0) is 22.6 Å². The van der Waals surface area contributed by atoms with Crippen LogP contribution in [0.25, 0.3) is 21.8 Å². The van der Waals surface area contributed by atoms with Crippen molar-refractivity contribution in [2.45, 2.75) is 57.7 Å². The van der Waals surface area contributed by atoms with Gasteiger partial charge in [-0.2, -0.15) is 0 Å². The second-order valence-electron chi connectivity index (χ2n) is 9.25. The van der Waals surface area contributed by atoms with Gasteiger partial charge in [0, 0.05) is 34.6 Å². The summed E-state index contributed by atoms with van der Waals surface area (Å²) in [5.41, 5.74) is 5.17. The number of benzene rings is 2. The van der Waals surface area contributed by atoms with E-state index in [1.54, 1.807) is 12.1 Å². The van der Waals surface area contributed by atoms with Gasteiger partial charge in [-0.3, -0.25) is 9.78 Å². The summed E-state index contributed by atoms with van der Waals surface area (Å²) < 4.78 is 21.0. The first-order valence-electron chi connectivity index (χ1n) is 12.0. The van der Waals surface area contributed by atoms with E-state index in [1.807, 2.05) is 29.7 Å². The fraction of sp³-hybridized carbons (Fsp3) is 0.357. The highest BCUT2D eigenvalue weighted by Gasteiger charge is 2.28. The Balaban J connectivity index is 1.29. The second-order valence-corrected chi connectivity index (χ2v) is 9.25. The Morgan fingerprint density at radius 2 is 1.91 bits per heavy atom. The minimum atomic E-state index is -0.300. The molecule has 2 aromatic heterocycles. The normalized spacial score (nSPS) is 18.4. The molecule has 1 N–H and O–H groups in total. The van der Waals surface area contributed by atoms with Gasteiger partial charge in [-0.05, 0) is 74.4 Å². The number of nitrogens with one attached hydrogen (secondary N) is 1. The number of aromatic nitrogens is 2. The van der Waals surface area contributed by atoms with Gasteiger partial charge in [0.1, 0.15) is 12.4 Å². The molecule has 5 nitrogen and oxygen atoms in total. The smallest absolute Gasteiger partial charge is 0.325 e. The summed E-state index contributed by atoms with van der Waals surface area (Å²) in [6, 6.07) is 17.7. The third-order valence-electron chi connectivity index (χ3n) is 7.21. The van der Waals surface area contributed by atoms with Gasteiger partial charge in [0.2, 0.25) is 0 Å². The number of rotatable bonds is 6. The lowest BCUT2D eigenvalue weighted by atomic mass is 9.80.